The van der Waals surface area contributed by atoms with E-state index < -0.39 is 10.0 Å². The van der Waals surface area contributed by atoms with Crippen LogP contribution in [-0.4, -0.2) is 40.7 Å². The van der Waals surface area contributed by atoms with Gasteiger partial charge in [0.05, 0.1) is 35.0 Å². The fraction of sp³-hybridized carbons (Fsp3) is 0.316. The van der Waals surface area contributed by atoms with Crippen molar-refractivity contribution in [3.05, 3.63) is 36.4 Å². The molecule has 2 aromatic carbocycles. The van der Waals surface area contributed by atoms with Gasteiger partial charge in [0.2, 0.25) is 0 Å². The Morgan fingerprint density at radius 1 is 1.04 bits per heavy atom. The van der Waals surface area contributed by atoms with Crippen molar-refractivity contribution in [2.24, 2.45) is 0 Å². The van der Waals surface area contributed by atoms with Crippen molar-refractivity contribution in [2.75, 3.05) is 36.9 Å². The standard InChI is InChI=1S/C19H21N3O4S2/c1-25-16-8-6-14(12-17(16)26-2)28(23,24)21-13-5-7-15-18(11-13)27-19(20-15)22-9-3-4-10-22/h5-8,11-12,21H,3-4,9-10H2,1-2H3. The van der Waals surface area contributed by atoms with Gasteiger partial charge in [-0.15, -0.1) is 0 Å². The topological polar surface area (TPSA) is 80.8 Å². The maximum absolute atomic E-state index is 12.8. The van der Waals surface area contributed by atoms with E-state index >= 15 is 0 Å². The number of anilines is 2. The van der Waals surface area contributed by atoms with Crippen LogP contribution in [0.1, 0.15) is 12.8 Å². The third-order valence-corrected chi connectivity index (χ3v) is 7.13. The number of methoxy groups -OCH3 is 2. The predicted molar refractivity (Wildman–Crippen MR) is 111 cm³/mol. The highest BCUT2D eigenvalue weighted by Gasteiger charge is 2.19. The van der Waals surface area contributed by atoms with Crippen LogP contribution in [-0.2, 0) is 10.0 Å². The van der Waals surface area contributed by atoms with E-state index in [9.17, 15) is 8.42 Å². The third-order valence-electron chi connectivity index (χ3n) is 4.67. The van der Waals surface area contributed by atoms with E-state index in [0.717, 1.165) is 28.4 Å². The molecule has 1 aromatic heterocycles. The van der Waals surface area contributed by atoms with Crippen molar-refractivity contribution < 1.29 is 17.9 Å². The molecule has 0 amide bonds. The van der Waals surface area contributed by atoms with Crippen LogP contribution in [0.15, 0.2) is 41.3 Å². The largest absolute Gasteiger partial charge is 0.493 e. The Morgan fingerprint density at radius 3 is 2.50 bits per heavy atom. The summed E-state index contributed by atoms with van der Waals surface area (Å²) in [5.74, 6) is 0.834. The molecule has 3 aromatic rings. The van der Waals surface area contributed by atoms with Gasteiger partial charge in [0.15, 0.2) is 16.6 Å². The number of thiazole rings is 1. The highest BCUT2D eigenvalue weighted by molar-refractivity contribution is 7.92. The number of ether oxygens (including phenoxy) is 2. The lowest BCUT2D eigenvalue weighted by molar-refractivity contribution is 0.354. The van der Waals surface area contributed by atoms with Gasteiger partial charge in [0.25, 0.3) is 10.0 Å². The molecule has 7 nitrogen and oxygen atoms in total. The lowest BCUT2D eigenvalue weighted by atomic mass is 10.3. The van der Waals surface area contributed by atoms with Crippen LogP contribution >= 0.6 is 11.3 Å². The van der Waals surface area contributed by atoms with E-state index in [2.05, 4.69) is 14.6 Å². The number of sulfonamides is 1. The maximum Gasteiger partial charge on any atom is 0.262 e. The van der Waals surface area contributed by atoms with E-state index in [0.29, 0.717) is 17.2 Å². The summed E-state index contributed by atoms with van der Waals surface area (Å²) in [6.45, 7) is 2.05. The first kappa shape index (κ1) is 18.8. The molecule has 4 rings (SSSR count). The number of nitrogens with one attached hydrogen (secondary N) is 1. The smallest absolute Gasteiger partial charge is 0.262 e. The molecule has 0 aliphatic carbocycles. The first-order valence-electron chi connectivity index (χ1n) is 8.90. The minimum Gasteiger partial charge on any atom is -0.493 e. The second-order valence-corrected chi connectivity index (χ2v) is 9.19. The monoisotopic (exact) mass is 419 g/mol. The Morgan fingerprint density at radius 2 is 1.79 bits per heavy atom. The molecule has 1 fully saturated rings. The second-order valence-electron chi connectivity index (χ2n) is 6.50. The fourth-order valence-corrected chi connectivity index (χ4v) is 5.34. The molecule has 0 saturated carbocycles. The van der Waals surface area contributed by atoms with Gasteiger partial charge in [-0.25, -0.2) is 13.4 Å². The van der Waals surface area contributed by atoms with Crippen molar-refractivity contribution >= 4 is 42.4 Å². The van der Waals surface area contributed by atoms with E-state index in [-0.39, 0.29) is 4.90 Å². The minimum absolute atomic E-state index is 0.104. The second kappa shape index (κ2) is 7.48. The first-order valence-corrected chi connectivity index (χ1v) is 11.2. The van der Waals surface area contributed by atoms with Gasteiger partial charge in [0, 0.05) is 19.2 Å². The van der Waals surface area contributed by atoms with Crippen molar-refractivity contribution in [1.82, 2.24) is 4.98 Å². The van der Waals surface area contributed by atoms with Crippen LogP contribution in [0, 0.1) is 0 Å². The van der Waals surface area contributed by atoms with E-state index in [4.69, 9.17) is 9.47 Å². The minimum atomic E-state index is -3.76. The number of fused-ring (bicyclic) bond motifs is 1. The number of hydrogen-bond donors (Lipinski definition) is 1. The molecule has 1 aliphatic rings. The molecule has 0 bridgehead atoms. The molecule has 2 heterocycles. The number of rotatable bonds is 6. The predicted octanol–water partition coefficient (Wildman–Crippen LogP) is 3.71. The molecule has 28 heavy (non-hydrogen) atoms. The fourth-order valence-electron chi connectivity index (χ4n) is 3.22. The zero-order valence-electron chi connectivity index (χ0n) is 15.6. The molecular weight excluding hydrogens is 398 g/mol. The van der Waals surface area contributed by atoms with Crippen molar-refractivity contribution in [3.63, 3.8) is 0 Å². The number of benzene rings is 2. The summed E-state index contributed by atoms with van der Waals surface area (Å²) in [7, 11) is -0.786. The Kier molecular flexibility index (Phi) is 5.03. The Labute approximate surface area is 168 Å². The Hall–Kier alpha value is -2.52. The van der Waals surface area contributed by atoms with Crippen molar-refractivity contribution in [1.29, 1.82) is 0 Å². The number of nitrogens with zero attached hydrogens (tertiary/aromatic N) is 2. The maximum atomic E-state index is 12.8. The summed E-state index contributed by atoms with van der Waals surface area (Å²) in [5, 5.41) is 0.993. The molecule has 1 N–H and O–H groups in total. The summed E-state index contributed by atoms with van der Waals surface area (Å²) < 4.78 is 39.5. The van der Waals surface area contributed by atoms with Crippen LogP contribution < -0.4 is 19.1 Å². The zero-order valence-corrected chi connectivity index (χ0v) is 17.3. The lowest BCUT2D eigenvalue weighted by Crippen LogP contribution is -2.16. The molecule has 9 heteroatoms. The molecule has 148 valence electrons. The molecule has 0 unspecified atom stereocenters. The third kappa shape index (κ3) is 3.59. The number of aromatic nitrogens is 1. The summed E-state index contributed by atoms with van der Waals surface area (Å²) >= 11 is 1.58. The number of hydrogen-bond acceptors (Lipinski definition) is 7. The molecule has 0 atom stereocenters. The SMILES string of the molecule is COc1ccc(S(=O)(=O)Nc2ccc3nc(N4CCCC4)sc3c2)cc1OC. The summed E-state index contributed by atoms with van der Waals surface area (Å²) in [6, 6.07) is 9.90. The highest BCUT2D eigenvalue weighted by atomic mass is 32.2. The van der Waals surface area contributed by atoms with Crippen LogP contribution in [0.5, 0.6) is 11.5 Å². The highest BCUT2D eigenvalue weighted by Crippen LogP contribution is 2.34. The van der Waals surface area contributed by atoms with Gasteiger partial charge in [-0.05, 0) is 43.2 Å². The van der Waals surface area contributed by atoms with Crippen LogP contribution in [0.25, 0.3) is 10.2 Å². The Balaban J connectivity index is 1.61. The molecular formula is C19H21N3O4S2. The summed E-state index contributed by atoms with van der Waals surface area (Å²) in [4.78, 5) is 7.05. The molecule has 1 saturated heterocycles. The van der Waals surface area contributed by atoms with Crippen molar-refractivity contribution in [2.45, 2.75) is 17.7 Å². The van der Waals surface area contributed by atoms with Gasteiger partial charge in [0.1, 0.15) is 0 Å². The average molecular weight is 420 g/mol. The zero-order chi connectivity index (χ0) is 19.7. The van der Waals surface area contributed by atoms with Crippen LogP contribution in [0.3, 0.4) is 0 Å². The van der Waals surface area contributed by atoms with Crippen LogP contribution in [0.4, 0.5) is 10.8 Å². The molecule has 1 aliphatic heterocycles. The van der Waals surface area contributed by atoms with Gasteiger partial charge < -0.3 is 14.4 Å². The van der Waals surface area contributed by atoms with Gasteiger partial charge in [-0.2, -0.15) is 0 Å². The van der Waals surface area contributed by atoms with Gasteiger partial charge >= 0.3 is 0 Å². The lowest BCUT2D eigenvalue weighted by Gasteiger charge is -2.11. The quantitative estimate of drug-likeness (QED) is 0.656. The van der Waals surface area contributed by atoms with E-state index in [1.165, 1.54) is 39.2 Å². The van der Waals surface area contributed by atoms with Gasteiger partial charge in [-0.1, -0.05) is 11.3 Å². The van der Waals surface area contributed by atoms with Gasteiger partial charge in [-0.3, -0.25) is 4.72 Å². The van der Waals surface area contributed by atoms with E-state index in [1.54, 1.807) is 23.5 Å². The summed E-state index contributed by atoms with van der Waals surface area (Å²) in [6.07, 6.45) is 2.37. The average Bonchev–Trinajstić information content (AvgIpc) is 3.36. The van der Waals surface area contributed by atoms with E-state index in [1.807, 2.05) is 12.1 Å². The first-order chi connectivity index (χ1) is 13.5. The summed E-state index contributed by atoms with van der Waals surface area (Å²) in [5.41, 5.74) is 1.37. The van der Waals surface area contributed by atoms with Crippen molar-refractivity contribution in [3.8, 4) is 11.5 Å². The molecule has 0 spiro atoms. The normalized spacial score (nSPS) is 14.4. The Bertz CT molecular complexity index is 1110. The van der Waals surface area contributed by atoms with Crippen LogP contribution in [0.2, 0.25) is 0 Å². The molecule has 0 radical (unpaired) electrons.